The van der Waals surface area contributed by atoms with Crippen LogP contribution in [0.5, 0.6) is 5.75 Å². The standard InChI is InChI=1S/C6HCl5O.ClO3.2Na/c7-1-2(8)4(10)6(12)5(11)3(1)9;2-1(3)4;;/h12H;;;/q;-1;2*+1/p-1. The first-order chi connectivity index (χ1) is 7.20. The summed E-state index contributed by atoms with van der Waals surface area (Å²) >= 11 is 27.7. The van der Waals surface area contributed by atoms with E-state index in [4.69, 9.17) is 72.0 Å². The third-order valence-corrected chi connectivity index (χ3v) is 3.41. The van der Waals surface area contributed by atoms with Gasteiger partial charge in [-0.05, 0) is 0 Å². The van der Waals surface area contributed by atoms with Gasteiger partial charge in [0.2, 0.25) is 0 Å². The minimum atomic E-state index is -2.85. The van der Waals surface area contributed by atoms with E-state index in [2.05, 4.69) is 0 Å². The molecular weight excluding hydrogens is 395 g/mol. The summed E-state index contributed by atoms with van der Waals surface area (Å²) in [5, 5.41) is 10.5. The topological polar surface area (TPSA) is 92.2 Å². The van der Waals surface area contributed by atoms with Gasteiger partial charge in [-0.15, -0.1) is 0 Å². The van der Waals surface area contributed by atoms with Crippen LogP contribution in [-0.4, -0.2) is 0 Å². The van der Waals surface area contributed by atoms with Crippen LogP contribution in [0.4, 0.5) is 0 Å². The first-order valence-electron chi connectivity index (χ1n) is 3.11. The summed E-state index contributed by atoms with van der Waals surface area (Å²) in [6.07, 6.45) is 0. The second kappa shape index (κ2) is 12.2. The van der Waals surface area contributed by atoms with Crippen LogP contribution in [0.25, 0.3) is 0 Å². The summed E-state index contributed by atoms with van der Waals surface area (Å²) in [4.78, 5) is 0. The molecule has 1 aromatic carbocycles. The fraction of sp³-hybridized carbons (Fsp3) is 0. The molecule has 0 atom stereocenters. The Bertz CT molecular complexity index is 283. The summed E-state index contributed by atoms with van der Waals surface area (Å²) in [5.74, 6) is -0.613. The van der Waals surface area contributed by atoms with Gasteiger partial charge in [-0.2, -0.15) is 0 Å². The number of halogens is 6. The van der Waals surface area contributed by atoms with Gasteiger partial charge < -0.3 is 19.1 Å². The maximum Gasteiger partial charge on any atom is 1.00 e. The maximum atomic E-state index is 11.1. The van der Waals surface area contributed by atoms with Crippen LogP contribution < -0.4 is 78.2 Å². The molecule has 1 aromatic rings. The molecule has 12 heteroatoms. The molecule has 0 saturated carbocycles. The fourth-order valence-electron chi connectivity index (χ4n) is 0.585. The molecule has 0 aliphatic rings. The van der Waals surface area contributed by atoms with Gasteiger partial charge >= 0.3 is 59.1 Å². The van der Waals surface area contributed by atoms with E-state index >= 15 is 0 Å². The van der Waals surface area contributed by atoms with Crippen molar-refractivity contribution in [2.45, 2.75) is 0 Å². The van der Waals surface area contributed by atoms with E-state index in [1.807, 2.05) is 0 Å². The number of benzene rings is 1. The zero-order chi connectivity index (χ0) is 13.0. The molecule has 0 radical (unpaired) electrons. The third-order valence-electron chi connectivity index (χ3n) is 1.17. The van der Waals surface area contributed by atoms with Crippen LogP contribution in [0.15, 0.2) is 0 Å². The Morgan fingerprint density at radius 2 is 0.778 bits per heavy atom. The Morgan fingerprint density at radius 3 is 1.00 bits per heavy atom. The molecular formula is C6Cl6Na2O4. The van der Waals surface area contributed by atoms with Crippen LogP contribution in [0.2, 0.25) is 25.1 Å². The van der Waals surface area contributed by atoms with Crippen LogP contribution in [0.3, 0.4) is 0 Å². The van der Waals surface area contributed by atoms with Crippen molar-refractivity contribution < 1.29 is 89.0 Å². The normalized spacial score (nSPS) is 8.94. The van der Waals surface area contributed by atoms with Crippen molar-refractivity contribution in [1.82, 2.24) is 0 Å². The zero-order valence-corrected chi connectivity index (χ0v) is 17.4. The molecule has 0 fully saturated rings. The van der Waals surface area contributed by atoms with E-state index in [0.29, 0.717) is 0 Å². The van der Waals surface area contributed by atoms with Gasteiger partial charge in [-0.1, -0.05) is 63.8 Å². The van der Waals surface area contributed by atoms with Crippen molar-refractivity contribution in [3.05, 3.63) is 25.1 Å². The van der Waals surface area contributed by atoms with E-state index in [9.17, 15) is 5.11 Å². The summed E-state index contributed by atoms with van der Waals surface area (Å²) < 4.78 is 25.2. The summed E-state index contributed by atoms with van der Waals surface area (Å²) in [5.41, 5.74) is 0. The second-order valence-corrected chi connectivity index (χ2v) is 4.36. The van der Waals surface area contributed by atoms with Crippen molar-refractivity contribution >= 4 is 58.0 Å². The van der Waals surface area contributed by atoms with Crippen LogP contribution in [-0.2, 0) is 0 Å². The molecule has 0 aromatic heterocycles. The summed E-state index contributed by atoms with van der Waals surface area (Å²) in [6.45, 7) is 0. The van der Waals surface area contributed by atoms with Crippen molar-refractivity contribution in [2.24, 2.45) is 0 Å². The number of rotatable bonds is 0. The molecule has 92 valence electrons. The van der Waals surface area contributed by atoms with Crippen LogP contribution >= 0.6 is 58.0 Å². The molecule has 0 saturated heterocycles. The quantitative estimate of drug-likeness (QED) is 0.249. The summed E-state index contributed by atoms with van der Waals surface area (Å²) in [6, 6.07) is 0. The molecule has 4 nitrogen and oxygen atoms in total. The minimum Gasteiger partial charge on any atom is -0.870 e. The van der Waals surface area contributed by atoms with E-state index in [1.54, 1.807) is 0 Å². The van der Waals surface area contributed by atoms with Crippen molar-refractivity contribution in [3.63, 3.8) is 0 Å². The molecule has 0 N–H and O–H groups in total. The molecule has 1 rings (SSSR count). The van der Waals surface area contributed by atoms with Gasteiger partial charge in [-0.3, -0.25) is 0 Å². The first-order valence-corrected chi connectivity index (χ1v) is 5.93. The van der Waals surface area contributed by atoms with Gasteiger partial charge in [0, 0.05) is 0 Å². The average molecular weight is 395 g/mol. The molecule has 0 aliphatic heterocycles. The van der Waals surface area contributed by atoms with Crippen molar-refractivity contribution in [3.8, 4) is 5.75 Å². The molecule has 0 aliphatic carbocycles. The zero-order valence-electron chi connectivity index (χ0n) is 8.90. The molecule has 0 bridgehead atoms. The van der Waals surface area contributed by atoms with Gasteiger partial charge in [0.15, 0.2) is 0 Å². The Balaban J connectivity index is -0.000000332. The largest absolute Gasteiger partial charge is 1.00 e. The van der Waals surface area contributed by atoms with Gasteiger partial charge in [0.05, 0.1) is 35.9 Å². The Labute approximate surface area is 175 Å². The maximum absolute atomic E-state index is 11.1. The van der Waals surface area contributed by atoms with Gasteiger partial charge in [-0.25, -0.2) is 0 Å². The van der Waals surface area contributed by atoms with Crippen LogP contribution in [0.1, 0.15) is 0 Å². The fourth-order valence-corrected chi connectivity index (χ4v) is 1.71. The predicted octanol–water partition coefficient (Wildman–Crippen LogP) is -5.53. The van der Waals surface area contributed by atoms with E-state index in [0.717, 1.165) is 0 Å². The van der Waals surface area contributed by atoms with E-state index < -0.39 is 16.5 Å². The summed E-state index contributed by atoms with van der Waals surface area (Å²) in [7, 11) is -2.85. The molecule has 0 amide bonds. The molecule has 0 spiro atoms. The Morgan fingerprint density at radius 1 is 0.611 bits per heavy atom. The second-order valence-electron chi connectivity index (χ2n) is 2.09. The molecule has 18 heavy (non-hydrogen) atoms. The molecule has 0 unspecified atom stereocenters. The first kappa shape index (κ1) is 25.6. The Hall–Kier alpha value is 2.64. The third kappa shape index (κ3) is 8.17. The van der Waals surface area contributed by atoms with E-state index in [1.165, 1.54) is 0 Å². The number of hydrogen-bond acceptors (Lipinski definition) is 4. The van der Waals surface area contributed by atoms with E-state index in [-0.39, 0.29) is 84.2 Å². The predicted molar refractivity (Wildman–Crippen MR) is 50.9 cm³/mol. The van der Waals surface area contributed by atoms with Crippen LogP contribution in [0, 0.1) is 10.8 Å². The smallest absolute Gasteiger partial charge is 0.870 e. The average Bonchev–Trinajstić information content (AvgIpc) is 2.20. The Kier molecular flexibility index (Phi) is 17.4. The van der Waals surface area contributed by atoms with Crippen molar-refractivity contribution in [1.29, 1.82) is 0 Å². The number of hydrogen-bond donors (Lipinski definition) is 0. The SMILES string of the molecule is [Na+].[Na+].[O-][Cl+2]([O-])[O-].[O-]c1c(Cl)c(Cl)c(Cl)c(Cl)c1Cl. The monoisotopic (exact) mass is 392 g/mol. The van der Waals surface area contributed by atoms with Gasteiger partial charge in [0.1, 0.15) is 0 Å². The minimum absolute atomic E-state index is 0. The molecule has 0 heterocycles. The van der Waals surface area contributed by atoms with Gasteiger partial charge in [0.25, 0.3) is 0 Å². The van der Waals surface area contributed by atoms with Crippen molar-refractivity contribution in [2.75, 3.05) is 0 Å².